The molecule has 0 radical (unpaired) electrons. The molecule has 1 aromatic heterocycles. The monoisotopic (exact) mass is 460 g/mol. The number of H-pyrrole nitrogens is 2. The van der Waals surface area contributed by atoms with E-state index in [4.69, 9.17) is 24.4 Å². The molecule has 0 saturated heterocycles. The van der Waals surface area contributed by atoms with Crippen molar-refractivity contribution in [2.45, 2.75) is 26.2 Å². The summed E-state index contributed by atoms with van der Waals surface area (Å²) in [6.45, 7) is 4.10. The summed E-state index contributed by atoms with van der Waals surface area (Å²) < 4.78 is 2.65. The Morgan fingerprint density at radius 2 is 1.56 bits per heavy atom. The van der Waals surface area contributed by atoms with E-state index in [1.807, 2.05) is 55.5 Å². The first kappa shape index (κ1) is 21.9. The highest BCUT2D eigenvalue weighted by molar-refractivity contribution is 7.72. The van der Waals surface area contributed by atoms with Crippen molar-refractivity contribution in [2.24, 2.45) is 0 Å². The number of nitrogens with zero attached hydrogens (tertiary/aromatic N) is 1. The highest BCUT2D eigenvalue weighted by Gasteiger charge is 2.22. The van der Waals surface area contributed by atoms with E-state index in [9.17, 15) is 4.79 Å². The van der Waals surface area contributed by atoms with Crippen LogP contribution in [0.2, 0.25) is 0 Å². The smallest absolute Gasteiger partial charge is 0.232 e. The van der Waals surface area contributed by atoms with Gasteiger partial charge in [0.15, 0.2) is 9.54 Å². The maximum absolute atomic E-state index is 13.5. The number of carbonyl (C=O) groups excluding carboxylic acids is 1. The number of hydrogen-bond donors (Lipinski definition) is 3. The number of carbonyl (C=O) groups is 1. The summed E-state index contributed by atoms with van der Waals surface area (Å²) in [6.07, 6.45) is 0.616. The minimum Gasteiger partial charge on any atom is -0.325 e. The van der Waals surface area contributed by atoms with Crippen molar-refractivity contribution in [3.8, 4) is 5.69 Å². The second kappa shape index (κ2) is 9.46. The molecular formula is C25H24N4OS2. The molecule has 3 aromatic carbocycles. The van der Waals surface area contributed by atoms with Crippen LogP contribution >= 0.6 is 24.4 Å². The van der Waals surface area contributed by atoms with E-state index < -0.39 is 0 Å². The number of aryl methyl sites for hydroxylation is 2. The minimum atomic E-state index is -0.322. The van der Waals surface area contributed by atoms with Gasteiger partial charge in [-0.2, -0.15) is 0 Å². The predicted molar refractivity (Wildman–Crippen MR) is 134 cm³/mol. The van der Waals surface area contributed by atoms with Gasteiger partial charge in [0.1, 0.15) is 0 Å². The summed E-state index contributed by atoms with van der Waals surface area (Å²) in [6, 6.07) is 23.9. The van der Waals surface area contributed by atoms with Crippen LogP contribution in [0.15, 0.2) is 72.8 Å². The van der Waals surface area contributed by atoms with Crippen molar-refractivity contribution in [3.05, 3.63) is 105 Å². The maximum atomic E-state index is 13.5. The van der Waals surface area contributed by atoms with E-state index in [0.717, 1.165) is 22.4 Å². The molecule has 0 aliphatic heterocycles. The maximum Gasteiger partial charge on any atom is 0.232 e. The Bertz CT molecular complexity index is 1360. The number of nitrogens with one attached hydrogen (secondary N) is 3. The van der Waals surface area contributed by atoms with Gasteiger partial charge in [0.25, 0.3) is 0 Å². The molecule has 3 N–H and O–H groups in total. The van der Waals surface area contributed by atoms with Crippen LogP contribution in [0.4, 0.5) is 5.69 Å². The van der Waals surface area contributed by atoms with Crippen molar-refractivity contribution in [1.29, 1.82) is 0 Å². The number of aromatic amines is 2. The fourth-order valence-electron chi connectivity index (χ4n) is 3.82. The van der Waals surface area contributed by atoms with Gasteiger partial charge in [0.05, 0.1) is 11.6 Å². The molecule has 7 heteroatoms. The lowest BCUT2D eigenvalue weighted by molar-refractivity contribution is -0.117. The quantitative estimate of drug-likeness (QED) is 0.301. The van der Waals surface area contributed by atoms with Gasteiger partial charge >= 0.3 is 0 Å². The third-order valence-corrected chi connectivity index (χ3v) is 5.91. The SMILES string of the molecule is Cc1cccc(CC(C(=O)Nc2cccc(-n3c(=S)[nH][nH]c3=S)c2)c2cccc(C)c2)c1. The van der Waals surface area contributed by atoms with E-state index in [1.54, 1.807) is 4.57 Å². The Hall–Kier alpha value is -3.29. The summed E-state index contributed by atoms with van der Waals surface area (Å²) in [5.41, 5.74) is 5.90. The van der Waals surface area contributed by atoms with Crippen LogP contribution in [0.1, 0.15) is 28.2 Å². The third kappa shape index (κ3) is 4.95. The van der Waals surface area contributed by atoms with Crippen molar-refractivity contribution in [2.75, 3.05) is 5.32 Å². The molecule has 0 aliphatic carbocycles. The normalized spacial score (nSPS) is 11.8. The van der Waals surface area contributed by atoms with Crippen LogP contribution in [0.25, 0.3) is 5.69 Å². The van der Waals surface area contributed by atoms with Crippen LogP contribution in [-0.4, -0.2) is 20.7 Å². The largest absolute Gasteiger partial charge is 0.325 e. The number of aromatic nitrogens is 3. The first-order valence-corrected chi connectivity index (χ1v) is 11.2. The van der Waals surface area contributed by atoms with Gasteiger partial charge in [0.2, 0.25) is 5.91 Å². The van der Waals surface area contributed by atoms with E-state index in [2.05, 4.69) is 46.7 Å². The Balaban J connectivity index is 1.65. The van der Waals surface area contributed by atoms with Gasteiger partial charge in [-0.15, -0.1) is 0 Å². The van der Waals surface area contributed by atoms with Crippen LogP contribution in [0.5, 0.6) is 0 Å². The van der Waals surface area contributed by atoms with Crippen molar-refractivity contribution >= 4 is 36.0 Å². The average molecular weight is 461 g/mol. The molecule has 1 unspecified atom stereocenters. The molecule has 32 heavy (non-hydrogen) atoms. The van der Waals surface area contributed by atoms with Gasteiger partial charge in [-0.05, 0) is 74.0 Å². The Kier molecular flexibility index (Phi) is 6.48. The van der Waals surface area contributed by atoms with Gasteiger partial charge in [-0.3, -0.25) is 19.6 Å². The Labute approximate surface area is 197 Å². The Morgan fingerprint density at radius 1 is 0.906 bits per heavy atom. The molecule has 0 spiro atoms. The van der Waals surface area contributed by atoms with Gasteiger partial charge in [-0.1, -0.05) is 65.7 Å². The summed E-state index contributed by atoms with van der Waals surface area (Å²) in [5.74, 6) is -0.380. The number of hydrogen-bond acceptors (Lipinski definition) is 3. The second-order valence-corrected chi connectivity index (χ2v) is 8.67. The summed E-state index contributed by atoms with van der Waals surface area (Å²) in [7, 11) is 0. The topological polar surface area (TPSA) is 65.6 Å². The summed E-state index contributed by atoms with van der Waals surface area (Å²) in [5, 5.41) is 8.76. The standard InChI is InChI=1S/C25H24N4OS2/c1-16-6-3-8-18(12-16)14-22(19-9-4-7-17(2)13-19)23(30)26-20-10-5-11-21(15-20)29-24(31)27-28-25(29)32/h3-13,15,22H,14H2,1-2H3,(H,26,30)(H,27,31)(H,28,32). The Morgan fingerprint density at radius 3 is 2.25 bits per heavy atom. The highest BCUT2D eigenvalue weighted by atomic mass is 32.1. The molecular weight excluding hydrogens is 436 g/mol. The van der Waals surface area contributed by atoms with Crippen LogP contribution in [-0.2, 0) is 11.2 Å². The lowest BCUT2D eigenvalue weighted by Crippen LogP contribution is -2.23. The molecule has 0 bridgehead atoms. The summed E-state index contributed by atoms with van der Waals surface area (Å²) >= 11 is 10.6. The summed E-state index contributed by atoms with van der Waals surface area (Å²) in [4.78, 5) is 13.5. The number of benzene rings is 3. The zero-order valence-corrected chi connectivity index (χ0v) is 19.5. The van der Waals surface area contributed by atoms with Gasteiger partial charge < -0.3 is 5.32 Å². The lowest BCUT2D eigenvalue weighted by Gasteiger charge is -2.19. The van der Waals surface area contributed by atoms with Crippen LogP contribution < -0.4 is 5.32 Å². The van der Waals surface area contributed by atoms with E-state index in [0.29, 0.717) is 21.7 Å². The highest BCUT2D eigenvalue weighted by Crippen LogP contribution is 2.25. The molecule has 5 nitrogen and oxygen atoms in total. The molecule has 0 saturated carbocycles. The van der Waals surface area contributed by atoms with Crippen LogP contribution in [0.3, 0.4) is 0 Å². The molecule has 0 fully saturated rings. The van der Waals surface area contributed by atoms with E-state index in [1.165, 1.54) is 5.56 Å². The molecule has 162 valence electrons. The minimum absolute atomic E-state index is 0.0583. The van der Waals surface area contributed by atoms with Gasteiger partial charge in [0, 0.05) is 5.69 Å². The fraction of sp³-hybridized carbons (Fsp3) is 0.160. The zero-order valence-electron chi connectivity index (χ0n) is 17.9. The number of rotatable bonds is 6. The molecule has 1 atom stereocenters. The van der Waals surface area contributed by atoms with Crippen molar-refractivity contribution in [1.82, 2.24) is 14.8 Å². The molecule has 1 amide bonds. The lowest BCUT2D eigenvalue weighted by atomic mass is 9.89. The molecule has 4 aromatic rings. The predicted octanol–water partition coefficient (Wildman–Crippen LogP) is 6.17. The van der Waals surface area contributed by atoms with Crippen molar-refractivity contribution < 1.29 is 4.79 Å². The average Bonchev–Trinajstić information content (AvgIpc) is 3.10. The number of anilines is 1. The van der Waals surface area contributed by atoms with Crippen LogP contribution in [0, 0.1) is 23.4 Å². The van der Waals surface area contributed by atoms with E-state index in [-0.39, 0.29) is 11.8 Å². The van der Waals surface area contributed by atoms with Crippen molar-refractivity contribution in [3.63, 3.8) is 0 Å². The first-order chi connectivity index (χ1) is 15.4. The first-order valence-electron chi connectivity index (χ1n) is 10.3. The molecule has 0 aliphatic rings. The van der Waals surface area contributed by atoms with Gasteiger partial charge in [-0.25, -0.2) is 0 Å². The third-order valence-electron chi connectivity index (χ3n) is 5.34. The van der Waals surface area contributed by atoms with E-state index >= 15 is 0 Å². The second-order valence-electron chi connectivity index (χ2n) is 7.90. The number of amides is 1. The zero-order chi connectivity index (χ0) is 22.7. The molecule has 1 heterocycles. The fourth-order valence-corrected chi connectivity index (χ4v) is 4.37. The molecule has 4 rings (SSSR count).